The predicted molar refractivity (Wildman–Crippen MR) is 83.0 cm³/mol. The van der Waals surface area contributed by atoms with Crippen LogP contribution in [0.5, 0.6) is 0 Å². The summed E-state index contributed by atoms with van der Waals surface area (Å²) >= 11 is 4.85. The number of carbonyl (C=O) groups is 1. The van der Waals surface area contributed by atoms with Crippen LogP contribution in [0, 0.1) is 4.84 Å². The largest absolute Gasteiger partial charge is 0.409 e. The molecule has 1 N–H and O–H groups in total. The molecule has 1 aliphatic rings. The number of H-pyrrole nitrogens is 1. The second kappa shape index (κ2) is 6.02. The van der Waals surface area contributed by atoms with Crippen LogP contribution in [-0.2, 0) is 4.74 Å². The fraction of sp³-hybridized carbons (Fsp3) is 0.400. The van der Waals surface area contributed by atoms with E-state index in [2.05, 4.69) is 10.2 Å². The molecule has 0 unspecified atom stereocenters. The first kappa shape index (κ1) is 14.9. The molecule has 0 saturated carbocycles. The van der Waals surface area contributed by atoms with Gasteiger partial charge in [-0.05, 0) is 50.3 Å². The normalized spacial score (nSPS) is 21.8. The summed E-state index contributed by atoms with van der Waals surface area (Å²) < 4.78 is 10.8. The number of nitrogens with one attached hydrogen (secondary N) is 1. The maximum atomic E-state index is 12.6. The van der Waals surface area contributed by atoms with Crippen LogP contribution in [-0.4, -0.2) is 46.3 Å². The van der Waals surface area contributed by atoms with Gasteiger partial charge in [0.1, 0.15) is 0 Å². The van der Waals surface area contributed by atoms with Gasteiger partial charge < -0.3 is 14.1 Å². The molecule has 1 aromatic carbocycles. The maximum Gasteiger partial charge on any atom is 0.284 e. The Labute approximate surface area is 133 Å². The van der Waals surface area contributed by atoms with Gasteiger partial charge in [-0.2, -0.15) is 0 Å². The Balaban J connectivity index is 1.80. The third-order valence-electron chi connectivity index (χ3n) is 3.96. The summed E-state index contributed by atoms with van der Waals surface area (Å²) in [4.78, 5) is 14.7. The minimum absolute atomic E-state index is 0.0112. The molecule has 0 bridgehead atoms. The first-order chi connectivity index (χ1) is 10.6. The fourth-order valence-corrected chi connectivity index (χ4v) is 2.62. The molecular formula is C15H17N3O3S. The zero-order chi connectivity index (χ0) is 15.7. The van der Waals surface area contributed by atoms with E-state index in [9.17, 15) is 4.79 Å². The molecule has 1 amide bonds. The van der Waals surface area contributed by atoms with Crippen LogP contribution in [0.1, 0.15) is 24.2 Å². The molecule has 7 heteroatoms. The molecule has 0 aliphatic carbocycles. The molecule has 3 rings (SSSR count). The molecule has 2 aromatic rings. The molecule has 1 fully saturated rings. The molecule has 6 nitrogen and oxygen atoms in total. The van der Waals surface area contributed by atoms with Crippen LogP contribution in [0.4, 0.5) is 0 Å². The standard InChI is InChI=1S/C15H17N3O3S/c1-9-10(2)20-8-7-18(9)14(19)12-5-3-11(4-6-12)13-16-17-15(22)21-13/h3-6,9-10H,7-8H2,1-2H3,(H,17,22)/t9-,10+/m1/s1. The topological polar surface area (TPSA) is 71.4 Å². The molecule has 1 aliphatic heterocycles. The van der Waals surface area contributed by atoms with Crippen LogP contribution in [0.15, 0.2) is 28.7 Å². The van der Waals surface area contributed by atoms with E-state index in [1.807, 2.05) is 18.7 Å². The summed E-state index contributed by atoms with van der Waals surface area (Å²) in [7, 11) is 0. The summed E-state index contributed by atoms with van der Waals surface area (Å²) in [6.07, 6.45) is 0.0466. The summed E-state index contributed by atoms with van der Waals surface area (Å²) in [5, 5.41) is 6.54. The highest BCUT2D eigenvalue weighted by Gasteiger charge is 2.29. The first-order valence-corrected chi connectivity index (χ1v) is 7.55. The van der Waals surface area contributed by atoms with Gasteiger partial charge in [0, 0.05) is 17.7 Å². The quantitative estimate of drug-likeness (QED) is 0.862. The number of hydrogen-bond acceptors (Lipinski definition) is 5. The van der Waals surface area contributed by atoms with Crippen molar-refractivity contribution < 1.29 is 13.9 Å². The Morgan fingerprint density at radius 2 is 2.09 bits per heavy atom. The first-order valence-electron chi connectivity index (χ1n) is 7.15. The minimum atomic E-state index is 0.0112. The Hall–Kier alpha value is -1.99. The van der Waals surface area contributed by atoms with Crippen molar-refractivity contribution >= 4 is 18.1 Å². The van der Waals surface area contributed by atoms with Crippen molar-refractivity contribution in [3.05, 3.63) is 34.7 Å². The number of ether oxygens (including phenoxy) is 1. The maximum absolute atomic E-state index is 12.6. The van der Waals surface area contributed by atoms with Crippen molar-refractivity contribution in [3.8, 4) is 11.5 Å². The van der Waals surface area contributed by atoms with E-state index >= 15 is 0 Å². The number of aromatic amines is 1. The summed E-state index contributed by atoms with van der Waals surface area (Å²) in [5.74, 6) is 0.425. The Morgan fingerprint density at radius 3 is 2.73 bits per heavy atom. The van der Waals surface area contributed by atoms with E-state index in [-0.39, 0.29) is 22.9 Å². The number of rotatable bonds is 2. The van der Waals surface area contributed by atoms with Gasteiger partial charge >= 0.3 is 0 Å². The summed E-state index contributed by atoms with van der Waals surface area (Å²) in [6.45, 7) is 5.17. The molecule has 116 valence electrons. The van der Waals surface area contributed by atoms with E-state index in [0.717, 1.165) is 5.56 Å². The van der Waals surface area contributed by atoms with E-state index in [0.29, 0.717) is 24.6 Å². The number of amides is 1. The lowest BCUT2D eigenvalue weighted by Gasteiger charge is -2.37. The Morgan fingerprint density at radius 1 is 1.36 bits per heavy atom. The second-order valence-corrected chi connectivity index (χ2v) is 5.68. The van der Waals surface area contributed by atoms with E-state index < -0.39 is 0 Å². The van der Waals surface area contributed by atoms with Gasteiger partial charge in [0.15, 0.2) is 0 Å². The van der Waals surface area contributed by atoms with Crippen molar-refractivity contribution in [2.75, 3.05) is 13.2 Å². The van der Waals surface area contributed by atoms with Crippen molar-refractivity contribution in [1.82, 2.24) is 15.1 Å². The van der Waals surface area contributed by atoms with Gasteiger partial charge in [0.25, 0.3) is 10.7 Å². The summed E-state index contributed by atoms with van der Waals surface area (Å²) in [5.41, 5.74) is 1.41. The predicted octanol–water partition coefficient (Wildman–Crippen LogP) is 2.65. The number of aromatic nitrogens is 2. The average molecular weight is 319 g/mol. The fourth-order valence-electron chi connectivity index (χ4n) is 2.49. The Bertz CT molecular complexity index is 722. The molecule has 0 spiro atoms. The van der Waals surface area contributed by atoms with Gasteiger partial charge in [0.05, 0.1) is 18.8 Å². The minimum Gasteiger partial charge on any atom is -0.409 e. The van der Waals surface area contributed by atoms with Crippen molar-refractivity contribution in [1.29, 1.82) is 0 Å². The highest BCUT2D eigenvalue weighted by Crippen LogP contribution is 2.20. The number of hydrogen-bond donors (Lipinski definition) is 1. The van der Waals surface area contributed by atoms with Crippen LogP contribution < -0.4 is 0 Å². The Kier molecular flexibility index (Phi) is 4.08. The van der Waals surface area contributed by atoms with Crippen LogP contribution in [0.2, 0.25) is 0 Å². The van der Waals surface area contributed by atoms with E-state index in [1.54, 1.807) is 24.3 Å². The van der Waals surface area contributed by atoms with Gasteiger partial charge in [0.2, 0.25) is 5.89 Å². The third kappa shape index (κ3) is 2.82. The lowest BCUT2D eigenvalue weighted by atomic mass is 10.1. The van der Waals surface area contributed by atoms with Gasteiger partial charge in [-0.25, -0.2) is 5.10 Å². The summed E-state index contributed by atoms with van der Waals surface area (Å²) in [6, 6.07) is 7.21. The van der Waals surface area contributed by atoms with E-state index in [4.69, 9.17) is 21.4 Å². The van der Waals surface area contributed by atoms with Gasteiger partial charge in [-0.3, -0.25) is 4.79 Å². The molecular weight excluding hydrogens is 302 g/mol. The lowest BCUT2D eigenvalue weighted by molar-refractivity contribution is -0.0440. The van der Waals surface area contributed by atoms with Crippen LogP contribution in [0.3, 0.4) is 0 Å². The highest BCUT2D eigenvalue weighted by molar-refractivity contribution is 7.71. The molecule has 2 heterocycles. The molecule has 22 heavy (non-hydrogen) atoms. The van der Waals surface area contributed by atoms with Gasteiger partial charge in [-0.1, -0.05) is 0 Å². The zero-order valence-corrected chi connectivity index (χ0v) is 13.2. The number of benzene rings is 1. The highest BCUT2D eigenvalue weighted by atomic mass is 32.1. The SMILES string of the molecule is C[C@@H]1OCCN(C(=O)c2ccc(-c3n[nH]c(=S)o3)cc2)[C@@H]1C. The van der Waals surface area contributed by atoms with Crippen LogP contribution >= 0.6 is 12.2 Å². The number of carbonyl (C=O) groups excluding carboxylic acids is 1. The molecule has 1 aromatic heterocycles. The van der Waals surface area contributed by atoms with E-state index in [1.165, 1.54) is 0 Å². The third-order valence-corrected chi connectivity index (χ3v) is 4.14. The monoisotopic (exact) mass is 319 g/mol. The lowest BCUT2D eigenvalue weighted by Crippen LogP contribution is -2.51. The van der Waals surface area contributed by atoms with Crippen molar-refractivity contribution in [2.24, 2.45) is 0 Å². The second-order valence-electron chi connectivity index (χ2n) is 5.31. The molecule has 2 atom stereocenters. The number of morpholine rings is 1. The molecule has 1 saturated heterocycles. The zero-order valence-electron chi connectivity index (χ0n) is 12.4. The van der Waals surface area contributed by atoms with Crippen molar-refractivity contribution in [3.63, 3.8) is 0 Å². The molecule has 0 radical (unpaired) electrons. The van der Waals surface area contributed by atoms with Gasteiger partial charge in [-0.15, -0.1) is 5.10 Å². The average Bonchev–Trinajstić information content (AvgIpc) is 2.96. The number of nitrogens with zero attached hydrogens (tertiary/aromatic N) is 2. The van der Waals surface area contributed by atoms with Crippen molar-refractivity contribution in [2.45, 2.75) is 26.0 Å². The smallest absolute Gasteiger partial charge is 0.284 e. The van der Waals surface area contributed by atoms with Crippen LogP contribution in [0.25, 0.3) is 11.5 Å².